The average Bonchev–Trinajstić information content (AvgIpc) is 2.70. The maximum Gasteiger partial charge on any atom is 0.412 e. The monoisotopic (exact) mass is 365 g/mol. The third kappa shape index (κ3) is 4.50. The summed E-state index contributed by atoms with van der Waals surface area (Å²) in [7, 11) is 0. The molecule has 5 nitrogen and oxygen atoms in total. The number of fused-ring (bicyclic) bond motifs is 1. The molecule has 0 fully saturated rings. The van der Waals surface area contributed by atoms with E-state index in [9.17, 15) is 4.79 Å². The molecule has 140 valence electrons. The first-order valence-corrected chi connectivity index (χ1v) is 9.03. The highest BCUT2D eigenvalue weighted by molar-refractivity contribution is 5.96. The van der Waals surface area contributed by atoms with Gasteiger partial charge < -0.3 is 19.5 Å². The topological polar surface area (TPSA) is 56.8 Å². The number of carbonyl (C=O) groups is 1. The van der Waals surface area contributed by atoms with Gasteiger partial charge in [-0.3, -0.25) is 0 Å². The summed E-state index contributed by atoms with van der Waals surface area (Å²) in [6.45, 7) is 5.22. The lowest BCUT2D eigenvalue weighted by molar-refractivity contribution is 0.200. The van der Waals surface area contributed by atoms with Crippen molar-refractivity contribution in [3.8, 4) is 17.2 Å². The Balaban J connectivity index is 1.86. The van der Waals surface area contributed by atoms with Crippen LogP contribution in [0.25, 0.3) is 10.8 Å². The van der Waals surface area contributed by atoms with E-state index in [1.165, 1.54) is 0 Å². The molecule has 1 N–H and O–H groups in total. The fraction of sp³-hybridized carbons (Fsp3) is 0.227. The Bertz CT molecular complexity index is 909. The Hall–Kier alpha value is -3.21. The minimum atomic E-state index is -0.518. The molecule has 0 saturated carbocycles. The first kappa shape index (κ1) is 18.6. The second-order valence-corrected chi connectivity index (χ2v) is 5.84. The minimum absolute atomic E-state index is 0.396. The molecule has 3 aromatic rings. The normalized spacial score (nSPS) is 10.4. The van der Waals surface area contributed by atoms with Crippen LogP contribution in [0.5, 0.6) is 17.2 Å². The predicted molar refractivity (Wildman–Crippen MR) is 106 cm³/mol. The Labute approximate surface area is 158 Å². The van der Waals surface area contributed by atoms with E-state index in [1.807, 2.05) is 68.4 Å². The number of hydrogen-bond acceptors (Lipinski definition) is 4. The maximum absolute atomic E-state index is 12.3. The van der Waals surface area contributed by atoms with Crippen LogP contribution in [0.3, 0.4) is 0 Å². The summed E-state index contributed by atoms with van der Waals surface area (Å²) < 4.78 is 17.1. The molecular formula is C22H23NO4. The molecule has 0 aliphatic carbocycles. The lowest BCUT2D eigenvalue weighted by atomic mass is 10.1. The Morgan fingerprint density at radius 2 is 1.52 bits per heavy atom. The number of rotatable bonds is 7. The fourth-order valence-corrected chi connectivity index (χ4v) is 2.84. The van der Waals surface area contributed by atoms with Gasteiger partial charge in [0.1, 0.15) is 5.75 Å². The van der Waals surface area contributed by atoms with Crippen molar-refractivity contribution >= 4 is 16.9 Å². The molecule has 0 saturated heterocycles. The first-order valence-electron chi connectivity index (χ1n) is 9.03. The van der Waals surface area contributed by atoms with E-state index in [0.29, 0.717) is 37.0 Å². The summed E-state index contributed by atoms with van der Waals surface area (Å²) in [5, 5.41) is 4.40. The van der Waals surface area contributed by atoms with Gasteiger partial charge in [0, 0.05) is 23.4 Å². The Morgan fingerprint density at radius 1 is 0.852 bits per heavy atom. The number of ether oxygens (including phenoxy) is 3. The van der Waals surface area contributed by atoms with Crippen LogP contribution >= 0.6 is 0 Å². The molecule has 0 bridgehead atoms. The molecular weight excluding hydrogens is 342 g/mol. The molecule has 0 atom stereocenters. The predicted octanol–water partition coefficient (Wildman–Crippen LogP) is 4.93. The van der Waals surface area contributed by atoms with Crippen molar-refractivity contribution in [2.45, 2.75) is 20.4 Å². The molecule has 0 aromatic heterocycles. The van der Waals surface area contributed by atoms with Crippen molar-refractivity contribution in [2.75, 3.05) is 13.2 Å². The van der Waals surface area contributed by atoms with Gasteiger partial charge in [-0.15, -0.1) is 0 Å². The lowest BCUT2D eigenvalue weighted by Crippen LogP contribution is -2.26. The van der Waals surface area contributed by atoms with E-state index in [2.05, 4.69) is 5.32 Å². The Kier molecular flexibility index (Phi) is 6.15. The summed E-state index contributed by atoms with van der Waals surface area (Å²) in [6, 6.07) is 19.0. The molecule has 1 amide bonds. The number of carbonyl (C=O) groups excluding carboxylic acids is 1. The zero-order chi connectivity index (χ0) is 19.1. The van der Waals surface area contributed by atoms with Crippen molar-refractivity contribution in [3.05, 3.63) is 66.2 Å². The molecule has 3 rings (SSSR count). The second-order valence-electron chi connectivity index (χ2n) is 5.84. The number of nitrogens with one attached hydrogen (secondary N) is 1. The van der Waals surface area contributed by atoms with Crippen molar-refractivity contribution in [3.63, 3.8) is 0 Å². The van der Waals surface area contributed by atoms with Gasteiger partial charge >= 0.3 is 6.09 Å². The van der Waals surface area contributed by atoms with Crippen LogP contribution in [0, 0.1) is 0 Å². The van der Waals surface area contributed by atoms with Crippen molar-refractivity contribution in [2.24, 2.45) is 0 Å². The van der Waals surface area contributed by atoms with Crippen LogP contribution in [-0.2, 0) is 6.54 Å². The van der Waals surface area contributed by atoms with Crippen LogP contribution in [-0.4, -0.2) is 19.3 Å². The van der Waals surface area contributed by atoms with E-state index in [-0.39, 0.29) is 0 Å². The quantitative estimate of drug-likeness (QED) is 0.645. The highest BCUT2D eigenvalue weighted by Gasteiger charge is 2.17. The van der Waals surface area contributed by atoms with Gasteiger partial charge in [0.25, 0.3) is 0 Å². The molecule has 0 radical (unpaired) electrons. The number of benzene rings is 3. The molecule has 0 spiro atoms. The SMILES string of the molecule is CCOc1cc(OC(=O)NCc2ccccc2)c2ccccc2c1OCC. The van der Waals surface area contributed by atoms with Crippen molar-refractivity contribution in [1.82, 2.24) is 5.32 Å². The van der Waals surface area contributed by atoms with E-state index in [0.717, 1.165) is 16.3 Å². The van der Waals surface area contributed by atoms with Gasteiger partial charge in [-0.1, -0.05) is 54.6 Å². The van der Waals surface area contributed by atoms with E-state index >= 15 is 0 Å². The van der Waals surface area contributed by atoms with Crippen LogP contribution in [0.15, 0.2) is 60.7 Å². The third-order valence-corrected chi connectivity index (χ3v) is 3.99. The zero-order valence-electron chi connectivity index (χ0n) is 15.5. The van der Waals surface area contributed by atoms with Gasteiger partial charge in [0.15, 0.2) is 11.5 Å². The van der Waals surface area contributed by atoms with Crippen molar-refractivity contribution < 1.29 is 19.0 Å². The molecule has 27 heavy (non-hydrogen) atoms. The van der Waals surface area contributed by atoms with Crippen LogP contribution in [0.4, 0.5) is 4.79 Å². The number of hydrogen-bond donors (Lipinski definition) is 1. The smallest absolute Gasteiger partial charge is 0.412 e. The first-order chi connectivity index (χ1) is 13.2. The molecule has 0 heterocycles. The van der Waals surface area contributed by atoms with Gasteiger partial charge in [0.2, 0.25) is 0 Å². The fourth-order valence-electron chi connectivity index (χ4n) is 2.84. The summed E-state index contributed by atoms with van der Waals surface area (Å²) in [6.07, 6.45) is -0.518. The highest BCUT2D eigenvalue weighted by Crippen LogP contribution is 2.41. The standard InChI is InChI=1S/C22H23NO4/c1-3-25-20-14-19(17-12-8-9-13-18(17)21(20)26-4-2)27-22(24)23-15-16-10-6-5-7-11-16/h5-14H,3-4,15H2,1-2H3,(H,23,24). The number of amides is 1. The zero-order valence-corrected chi connectivity index (χ0v) is 15.5. The Morgan fingerprint density at radius 3 is 2.22 bits per heavy atom. The second kappa shape index (κ2) is 8.94. The summed E-state index contributed by atoms with van der Waals surface area (Å²) >= 11 is 0. The molecule has 3 aromatic carbocycles. The average molecular weight is 365 g/mol. The summed E-state index contributed by atoms with van der Waals surface area (Å²) in [4.78, 5) is 12.3. The van der Waals surface area contributed by atoms with E-state index in [4.69, 9.17) is 14.2 Å². The highest BCUT2D eigenvalue weighted by atomic mass is 16.6. The summed E-state index contributed by atoms with van der Waals surface area (Å²) in [5.41, 5.74) is 1.00. The molecule has 0 unspecified atom stereocenters. The van der Waals surface area contributed by atoms with Crippen LogP contribution < -0.4 is 19.5 Å². The van der Waals surface area contributed by atoms with E-state index in [1.54, 1.807) is 6.07 Å². The maximum atomic E-state index is 12.3. The van der Waals surface area contributed by atoms with Crippen LogP contribution in [0.2, 0.25) is 0 Å². The third-order valence-electron chi connectivity index (χ3n) is 3.99. The van der Waals surface area contributed by atoms with Crippen LogP contribution in [0.1, 0.15) is 19.4 Å². The van der Waals surface area contributed by atoms with Gasteiger partial charge in [-0.05, 0) is 19.4 Å². The van der Waals surface area contributed by atoms with Gasteiger partial charge in [-0.25, -0.2) is 4.79 Å². The largest absolute Gasteiger partial charge is 0.490 e. The van der Waals surface area contributed by atoms with Gasteiger partial charge in [-0.2, -0.15) is 0 Å². The van der Waals surface area contributed by atoms with E-state index < -0.39 is 6.09 Å². The minimum Gasteiger partial charge on any atom is -0.490 e. The van der Waals surface area contributed by atoms with Crippen molar-refractivity contribution in [1.29, 1.82) is 0 Å². The lowest BCUT2D eigenvalue weighted by Gasteiger charge is -2.16. The molecule has 5 heteroatoms. The molecule has 0 aliphatic heterocycles. The summed E-state index contributed by atoms with van der Waals surface area (Å²) in [5.74, 6) is 1.65. The molecule has 0 aliphatic rings. The van der Waals surface area contributed by atoms with Gasteiger partial charge in [0.05, 0.1) is 13.2 Å².